The minimum Gasteiger partial charge on any atom is -0.379 e. The normalized spacial score (nSPS) is 28.3. The van der Waals surface area contributed by atoms with Crippen molar-refractivity contribution in [1.82, 2.24) is 4.90 Å². The van der Waals surface area contributed by atoms with E-state index in [2.05, 4.69) is 41.6 Å². The number of ether oxygens (including phenoxy) is 2. The lowest BCUT2D eigenvalue weighted by Crippen LogP contribution is -2.50. The van der Waals surface area contributed by atoms with Gasteiger partial charge in [0.15, 0.2) is 0 Å². The number of morpholine rings is 1. The predicted molar refractivity (Wildman–Crippen MR) is 70.3 cm³/mol. The van der Waals surface area contributed by atoms with Gasteiger partial charge in [-0.2, -0.15) is 0 Å². The molecule has 3 nitrogen and oxygen atoms in total. The van der Waals surface area contributed by atoms with Gasteiger partial charge in [0.2, 0.25) is 0 Å². The standard InChI is InChI=1S/C12H24BrNO2/c1-10-9-16-11(7-13)8-14(10)6-5-12(2,3)15-4/h10-11H,5-9H2,1-4H3. The second-order valence-electron chi connectivity index (χ2n) is 5.17. The van der Waals surface area contributed by atoms with Gasteiger partial charge in [0.1, 0.15) is 0 Å². The fraction of sp³-hybridized carbons (Fsp3) is 1.00. The Balaban J connectivity index is 2.39. The maximum atomic E-state index is 5.71. The highest BCUT2D eigenvalue weighted by Gasteiger charge is 2.27. The zero-order valence-corrected chi connectivity index (χ0v) is 12.4. The van der Waals surface area contributed by atoms with Gasteiger partial charge in [0.05, 0.1) is 18.3 Å². The van der Waals surface area contributed by atoms with E-state index in [-0.39, 0.29) is 5.60 Å². The van der Waals surface area contributed by atoms with Crippen LogP contribution in [0.3, 0.4) is 0 Å². The minimum absolute atomic E-state index is 0.0259. The van der Waals surface area contributed by atoms with Crippen molar-refractivity contribution in [3.8, 4) is 0 Å². The summed E-state index contributed by atoms with van der Waals surface area (Å²) < 4.78 is 11.2. The molecule has 4 heteroatoms. The van der Waals surface area contributed by atoms with E-state index in [4.69, 9.17) is 9.47 Å². The van der Waals surface area contributed by atoms with Crippen molar-refractivity contribution in [1.29, 1.82) is 0 Å². The summed E-state index contributed by atoms with van der Waals surface area (Å²) in [6.07, 6.45) is 1.39. The average Bonchev–Trinajstić information content (AvgIpc) is 2.28. The lowest BCUT2D eigenvalue weighted by atomic mass is 10.0. The number of nitrogens with zero attached hydrogens (tertiary/aromatic N) is 1. The summed E-state index contributed by atoms with van der Waals surface area (Å²) in [6, 6.07) is 0.517. The Kier molecular flexibility index (Phi) is 5.71. The van der Waals surface area contributed by atoms with Gasteiger partial charge < -0.3 is 9.47 Å². The molecule has 1 rings (SSSR count). The Labute approximate surface area is 108 Å². The first kappa shape index (κ1) is 14.4. The van der Waals surface area contributed by atoms with Crippen LogP contribution in [0.4, 0.5) is 0 Å². The third-order valence-corrected chi connectivity index (χ3v) is 4.08. The molecule has 1 aliphatic rings. The molecular weight excluding hydrogens is 270 g/mol. The highest BCUT2D eigenvalue weighted by molar-refractivity contribution is 9.09. The van der Waals surface area contributed by atoms with Gasteiger partial charge in [-0.1, -0.05) is 15.9 Å². The lowest BCUT2D eigenvalue weighted by Gasteiger charge is -2.39. The fourth-order valence-corrected chi connectivity index (χ4v) is 2.19. The first-order chi connectivity index (χ1) is 7.48. The summed E-state index contributed by atoms with van der Waals surface area (Å²) in [5, 5.41) is 0.921. The highest BCUT2D eigenvalue weighted by atomic mass is 79.9. The second kappa shape index (κ2) is 6.34. The zero-order chi connectivity index (χ0) is 12.2. The number of hydrogen-bond donors (Lipinski definition) is 0. The Morgan fingerprint density at radius 3 is 2.75 bits per heavy atom. The Morgan fingerprint density at radius 2 is 2.19 bits per heavy atom. The molecule has 16 heavy (non-hydrogen) atoms. The largest absolute Gasteiger partial charge is 0.379 e. The van der Waals surface area contributed by atoms with E-state index in [9.17, 15) is 0 Å². The third kappa shape index (κ3) is 4.32. The molecule has 0 aromatic heterocycles. The number of halogens is 1. The van der Waals surface area contributed by atoms with Gasteiger partial charge in [0.25, 0.3) is 0 Å². The van der Waals surface area contributed by atoms with E-state index in [0.717, 1.165) is 31.4 Å². The van der Waals surface area contributed by atoms with Crippen molar-refractivity contribution < 1.29 is 9.47 Å². The van der Waals surface area contributed by atoms with E-state index in [1.54, 1.807) is 7.11 Å². The fourth-order valence-electron chi connectivity index (χ4n) is 1.79. The molecular formula is C12H24BrNO2. The summed E-state index contributed by atoms with van der Waals surface area (Å²) in [5.41, 5.74) is -0.0259. The van der Waals surface area contributed by atoms with E-state index in [0.29, 0.717) is 12.1 Å². The van der Waals surface area contributed by atoms with Gasteiger partial charge >= 0.3 is 0 Å². The van der Waals surface area contributed by atoms with Crippen LogP contribution in [0, 0.1) is 0 Å². The summed E-state index contributed by atoms with van der Waals surface area (Å²) >= 11 is 3.49. The van der Waals surface area contributed by atoms with Crippen LogP contribution in [0.2, 0.25) is 0 Å². The Bertz CT molecular complexity index is 211. The summed E-state index contributed by atoms with van der Waals surface area (Å²) in [7, 11) is 1.78. The first-order valence-electron chi connectivity index (χ1n) is 5.95. The van der Waals surface area contributed by atoms with Crippen molar-refractivity contribution in [3.63, 3.8) is 0 Å². The molecule has 0 aromatic rings. The van der Waals surface area contributed by atoms with Crippen molar-refractivity contribution in [2.45, 2.75) is 44.9 Å². The van der Waals surface area contributed by atoms with Gasteiger partial charge in [-0.3, -0.25) is 4.90 Å². The van der Waals surface area contributed by atoms with Crippen molar-refractivity contribution in [3.05, 3.63) is 0 Å². The van der Waals surface area contributed by atoms with Crippen molar-refractivity contribution >= 4 is 15.9 Å². The predicted octanol–water partition coefficient (Wildman–Crippen LogP) is 2.29. The van der Waals surface area contributed by atoms with Gasteiger partial charge in [-0.05, 0) is 27.2 Å². The molecule has 1 saturated heterocycles. The molecule has 0 aromatic carbocycles. The van der Waals surface area contributed by atoms with Crippen molar-refractivity contribution in [2.24, 2.45) is 0 Å². The lowest BCUT2D eigenvalue weighted by molar-refractivity contribution is -0.0589. The van der Waals surface area contributed by atoms with E-state index in [1.807, 2.05) is 0 Å². The van der Waals surface area contributed by atoms with Crippen LogP contribution < -0.4 is 0 Å². The number of alkyl halides is 1. The number of methoxy groups -OCH3 is 1. The van der Waals surface area contributed by atoms with Gasteiger partial charge in [0, 0.05) is 31.6 Å². The molecule has 0 radical (unpaired) electrons. The maximum absolute atomic E-state index is 5.71. The first-order valence-corrected chi connectivity index (χ1v) is 7.07. The minimum atomic E-state index is -0.0259. The van der Waals surface area contributed by atoms with E-state index in [1.165, 1.54) is 0 Å². The summed E-state index contributed by atoms with van der Waals surface area (Å²) in [6.45, 7) is 9.44. The molecule has 1 aliphatic heterocycles. The zero-order valence-electron chi connectivity index (χ0n) is 10.8. The third-order valence-electron chi connectivity index (χ3n) is 3.36. The molecule has 2 unspecified atom stereocenters. The van der Waals surface area contributed by atoms with Gasteiger partial charge in [-0.15, -0.1) is 0 Å². The van der Waals surface area contributed by atoms with Crippen LogP contribution in [-0.4, -0.2) is 54.8 Å². The van der Waals surface area contributed by atoms with Crippen LogP contribution in [0.15, 0.2) is 0 Å². The van der Waals surface area contributed by atoms with Crippen LogP contribution in [-0.2, 0) is 9.47 Å². The molecule has 96 valence electrons. The average molecular weight is 294 g/mol. The molecule has 0 saturated carbocycles. The molecule has 0 bridgehead atoms. The highest BCUT2D eigenvalue weighted by Crippen LogP contribution is 2.18. The topological polar surface area (TPSA) is 21.7 Å². The molecule has 2 atom stereocenters. The molecule has 1 fully saturated rings. The smallest absolute Gasteiger partial charge is 0.0799 e. The Morgan fingerprint density at radius 1 is 1.50 bits per heavy atom. The molecule has 0 spiro atoms. The van der Waals surface area contributed by atoms with Crippen LogP contribution in [0.5, 0.6) is 0 Å². The Hall–Kier alpha value is 0.360. The summed E-state index contributed by atoms with van der Waals surface area (Å²) in [5.74, 6) is 0. The SMILES string of the molecule is COC(C)(C)CCN1CC(CBr)OCC1C. The summed E-state index contributed by atoms with van der Waals surface area (Å²) in [4.78, 5) is 2.50. The molecule has 0 aliphatic carbocycles. The monoisotopic (exact) mass is 293 g/mol. The quantitative estimate of drug-likeness (QED) is 0.726. The maximum Gasteiger partial charge on any atom is 0.0799 e. The second-order valence-corrected chi connectivity index (χ2v) is 5.81. The van der Waals surface area contributed by atoms with E-state index < -0.39 is 0 Å². The molecule has 0 N–H and O–H groups in total. The number of rotatable bonds is 5. The van der Waals surface area contributed by atoms with Crippen LogP contribution in [0.25, 0.3) is 0 Å². The van der Waals surface area contributed by atoms with Crippen LogP contribution >= 0.6 is 15.9 Å². The molecule has 1 heterocycles. The number of hydrogen-bond acceptors (Lipinski definition) is 3. The molecule has 0 amide bonds. The van der Waals surface area contributed by atoms with Crippen LogP contribution in [0.1, 0.15) is 27.2 Å². The van der Waals surface area contributed by atoms with Gasteiger partial charge in [-0.25, -0.2) is 0 Å². The van der Waals surface area contributed by atoms with E-state index >= 15 is 0 Å². The van der Waals surface area contributed by atoms with Crippen molar-refractivity contribution in [2.75, 3.05) is 32.1 Å².